The van der Waals surface area contributed by atoms with Crippen molar-refractivity contribution >= 4 is 18.0 Å². The van der Waals surface area contributed by atoms with Crippen LogP contribution in [0.3, 0.4) is 0 Å². The SMILES string of the molecule is COc1ccc(C2=CCNCC2)c(F)c1.Cl. The van der Waals surface area contributed by atoms with Gasteiger partial charge in [-0.1, -0.05) is 6.08 Å². The highest BCUT2D eigenvalue weighted by molar-refractivity contribution is 5.85. The van der Waals surface area contributed by atoms with Gasteiger partial charge in [0.2, 0.25) is 0 Å². The first kappa shape index (κ1) is 13.0. The van der Waals surface area contributed by atoms with E-state index in [0.29, 0.717) is 11.3 Å². The van der Waals surface area contributed by atoms with Gasteiger partial charge in [-0.2, -0.15) is 0 Å². The molecule has 0 atom stereocenters. The second-order valence-corrected chi connectivity index (χ2v) is 3.53. The molecule has 0 radical (unpaired) electrons. The average molecular weight is 244 g/mol. The Balaban J connectivity index is 0.00000128. The molecule has 1 aliphatic heterocycles. The standard InChI is InChI=1S/C12H14FNO.ClH/c1-15-10-2-3-11(12(13)8-10)9-4-6-14-7-5-9;/h2-4,8,14H,5-7H2,1H3;1H. The molecule has 0 unspecified atom stereocenters. The second kappa shape index (κ2) is 5.87. The molecule has 0 saturated heterocycles. The summed E-state index contributed by atoms with van der Waals surface area (Å²) in [5.41, 5.74) is 1.77. The molecular weight excluding hydrogens is 229 g/mol. The highest BCUT2D eigenvalue weighted by atomic mass is 35.5. The first-order chi connectivity index (χ1) is 7.31. The van der Waals surface area contributed by atoms with Gasteiger partial charge in [0.05, 0.1) is 7.11 Å². The number of hydrogen-bond acceptors (Lipinski definition) is 2. The number of rotatable bonds is 2. The largest absolute Gasteiger partial charge is 0.497 e. The summed E-state index contributed by atoms with van der Waals surface area (Å²) in [7, 11) is 1.54. The van der Waals surface area contributed by atoms with E-state index in [0.717, 1.165) is 25.1 Å². The normalized spacial score (nSPS) is 15.0. The molecule has 1 aromatic carbocycles. The predicted molar refractivity (Wildman–Crippen MR) is 65.7 cm³/mol. The highest BCUT2D eigenvalue weighted by Gasteiger charge is 2.10. The minimum Gasteiger partial charge on any atom is -0.497 e. The van der Waals surface area contributed by atoms with E-state index in [1.165, 1.54) is 13.2 Å². The Bertz CT molecular complexity index is 393. The van der Waals surface area contributed by atoms with Crippen LogP contribution in [-0.4, -0.2) is 20.2 Å². The fraction of sp³-hybridized carbons (Fsp3) is 0.333. The predicted octanol–water partition coefficient (Wildman–Crippen LogP) is 2.63. The smallest absolute Gasteiger partial charge is 0.134 e. The first-order valence-electron chi connectivity index (χ1n) is 5.05. The third kappa shape index (κ3) is 2.74. The minimum atomic E-state index is -0.206. The van der Waals surface area contributed by atoms with Crippen molar-refractivity contribution < 1.29 is 9.13 Å². The Kier molecular flexibility index (Phi) is 4.77. The summed E-state index contributed by atoms with van der Waals surface area (Å²) in [5, 5.41) is 3.20. The summed E-state index contributed by atoms with van der Waals surface area (Å²) < 4.78 is 18.6. The molecule has 1 aromatic rings. The molecule has 0 aromatic heterocycles. The third-order valence-electron chi connectivity index (χ3n) is 2.59. The van der Waals surface area contributed by atoms with Crippen LogP contribution in [0.15, 0.2) is 24.3 Å². The third-order valence-corrected chi connectivity index (χ3v) is 2.59. The lowest BCUT2D eigenvalue weighted by Gasteiger charge is -2.15. The van der Waals surface area contributed by atoms with Gasteiger partial charge >= 0.3 is 0 Å². The van der Waals surface area contributed by atoms with Crippen molar-refractivity contribution in [2.24, 2.45) is 0 Å². The summed E-state index contributed by atoms with van der Waals surface area (Å²) in [6.07, 6.45) is 2.91. The van der Waals surface area contributed by atoms with Gasteiger partial charge in [0.1, 0.15) is 11.6 Å². The topological polar surface area (TPSA) is 21.3 Å². The molecule has 88 valence electrons. The quantitative estimate of drug-likeness (QED) is 0.862. The summed E-state index contributed by atoms with van der Waals surface area (Å²) in [6, 6.07) is 5.00. The molecule has 0 aliphatic carbocycles. The maximum atomic E-state index is 13.7. The molecule has 16 heavy (non-hydrogen) atoms. The zero-order valence-corrected chi connectivity index (χ0v) is 9.94. The van der Waals surface area contributed by atoms with E-state index < -0.39 is 0 Å². The zero-order chi connectivity index (χ0) is 10.7. The molecule has 4 heteroatoms. The van der Waals surface area contributed by atoms with Crippen LogP contribution in [0.1, 0.15) is 12.0 Å². The van der Waals surface area contributed by atoms with Crippen LogP contribution in [-0.2, 0) is 0 Å². The van der Waals surface area contributed by atoms with Gasteiger partial charge < -0.3 is 10.1 Å². The van der Waals surface area contributed by atoms with Crippen molar-refractivity contribution in [1.82, 2.24) is 5.32 Å². The molecule has 1 heterocycles. The molecular formula is C12H15ClFNO. The molecule has 1 aliphatic rings. The molecule has 0 fully saturated rings. The van der Waals surface area contributed by atoms with E-state index in [-0.39, 0.29) is 18.2 Å². The Morgan fingerprint density at radius 1 is 1.38 bits per heavy atom. The van der Waals surface area contributed by atoms with E-state index in [2.05, 4.69) is 5.32 Å². The summed E-state index contributed by atoms with van der Waals surface area (Å²) in [4.78, 5) is 0. The molecule has 1 N–H and O–H groups in total. The Labute approximate surface area is 101 Å². The number of hydrogen-bond donors (Lipinski definition) is 1. The van der Waals surface area contributed by atoms with Crippen LogP contribution < -0.4 is 10.1 Å². The fourth-order valence-corrected chi connectivity index (χ4v) is 1.75. The van der Waals surface area contributed by atoms with Gasteiger partial charge in [0.15, 0.2) is 0 Å². The molecule has 0 amide bonds. The van der Waals surface area contributed by atoms with Crippen LogP contribution >= 0.6 is 12.4 Å². The number of nitrogens with one attached hydrogen (secondary N) is 1. The Hall–Kier alpha value is -1.06. The van der Waals surface area contributed by atoms with Crippen LogP contribution in [0.2, 0.25) is 0 Å². The second-order valence-electron chi connectivity index (χ2n) is 3.53. The summed E-state index contributed by atoms with van der Waals surface area (Å²) in [5.74, 6) is 0.355. The van der Waals surface area contributed by atoms with Crippen molar-refractivity contribution in [3.63, 3.8) is 0 Å². The van der Waals surface area contributed by atoms with Crippen molar-refractivity contribution in [1.29, 1.82) is 0 Å². The van der Waals surface area contributed by atoms with Gasteiger partial charge in [-0.15, -0.1) is 12.4 Å². The lowest BCUT2D eigenvalue weighted by molar-refractivity contribution is 0.411. The van der Waals surface area contributed by atoms with Gasteiger partial charge in [-0.05, 0) is 30.7 Å². The average Bonchev–Trinajstić information content (AvgIpc) is 2.30. The van der Waals surface area contributed by atoms with Gasteiger partial charge in [-0.3, -0.25) is 0 Å². The van der Waals surface area contributed by atoms with Crippen molar-refractivity contribution in [2.75, 3.05) is 20.2 Å². The monoisotopic (exact) mass is 243 g/mol. The molecule has 2 nitrogen and oxygen atoms in total. The van der Waals surface area contributed by atoms with Crippen LogP contribution in [0.25, 0.3) is 5.57 Å². The van der Waals surface area contributed by atoms with Crippen molar-refractivity contribution in [2.45, 2.75) is 6.42 Å². The fourth-order valence-electron chi connectivity index (χ4n) is 1.75. The van der Waals surface area contributed by atoms with E-state index in [1.54, 1.807) is 12.1 Å². The van der Waals surface area contributed by atoms with Crippen molar-refractivity contribution in [3.05, 3.63) is 35.7 Å². The lowest BCUT2D eigenvalue weighted by atomic mass is 10.00. The van der Waals surface area contributed by atoms with E-state index in [9.17, 15) is 4.39 Å². The maximum absolute atomic E-state index is 13.7. The van der Waals surface area contributed by atoms with Crippen molar-refractivity contribution in [3.8, 4) is 5.75 Å². The van der Waals surface area contributed by atoms with E-state index in [1.807, 2.05) is 6.08 Å². The van der Waals surface area contributed by atoms with E-state index in [4.69, 9.17) is 4.74 Å². The highest BCUT2D eigenvalue weighted by Crippen LogP contribution is 2.25. The molecule has 0 bridgehead atoms. The maximum Gasteiger partial charge on any atom is 0.134 e. The summed E-state index contributed by atoms with van der Waals surface area (Å²) in [6.45, 7) is 1.73. The van der Waals surface area contributed by atoms with Crippen LogP contribution in [0.4, 0.5) is 4.39 Å². The first-order valence-corrected chi connectivity index (χ1v) is 5.05. The number of methoxy groups -OCH3 is 1. The van der Waals surface area contributed by atoms with Gasteiger partial charge in [0, 0.05) is 18.2 Å². The number of benzene rings is 1. The molecule has 2 rings (SSSR count). The lowest BCUT2D eigenvalue weighted by Crippen LogP contribution is -2.20. The minimum absolute atomic E-state index is 0. The number of ether oxygens (including phenoxy) is 1. The Morgan fingerprint density at radius 3 is 2.75 bits per heavy atom. The van der Waals surface area contributed by atoms with Gasteiger partial charge in [0.25, 0.3) is 0 Å². The zero-order valence-electron chi connectivity index (χ0n) is 9.13. The molecule has 0 spiro atoms. The summed E-state index contributed by atoms with van der Waals surface area (Å²) >= 11 is 0. The Morgan fingerprint density at radius 2 is 2.19 bits per heavy atom. The van der Waals surface area contributed by atoms with Crippen LogP contribution in [0.5, 0.6) is 5.75 Å². The molecule has 0 saturated carbocycles. The number of halogens is 2. The van der Waals surface area contributed by atoms with Crippen LogP contribution in [0, 0.1) is 5.82 Å². The van der Waals surface area contributed by atoms with E-state index >= 15 is 0 Å². The van der Waals surface area contributed by atoms with Gasteiger partial charge in [-0.25, -0.2) is 4.39 Å².